The van der Waals surface area contributed by atoms with Gasteiger partial charge in [-0.15, -0.1) is 0 Å². The molecular formula is C18H27N5O2+2. The molecule has 0 radical (unpaired) electrons. The molecule has 1 saturated heterocycles. The van der Waals surface area contributed by atoms with Crippen molar-refractivity contribution in [1.29, 1.82) is 0 Å². The van der Waals surface area contributed by atoms with E-state index >= 15 is 0 Å². The summed E-state index contributed by atoms with van der Waals surface area (Å²) >= 11 is 0. The van der Waals surface area contributed by atoms with Gasteiger partial charge in [-0.1, -0.05) is 24.3 Å². The second kappa shape index (κ2) is 7.33. The van der Waals surface area contributed by atoms with E-state index in [0.29, 0.717) is 18.1 Å². The van der Waals surface area contributed by atoms with Crippen molar-refractivity contribution in [2.24, 2.45) is 0 Å². The maximum atomic E-state index is 11.1. The average molecular weight is 345 g/mol. The first-order valence-electron chi connectivity index (χ1n) is 8.85. The second-order valence-corrected chi connectivity index (χ2v) is 7.04. The van der Waals surface area contributed by atoms with E-state index in [-0.39, 0.29) is 10.6 Å². The highest BCUT2D eigenvalue weighted by atomic mass is 16.6. The van der Waals surface area contributed by atoms with Crippen LogP contribution in [0.4, 0.5) is 5.69 Å². The van der Waals surface area contributed by atoms with Gasteiger partial charge >= 0.3 is 5.69 Å². The Morgan fingerprint density at radius 2 is 1.76 bits per heavy atom. The molecule has 7 nitrogen and oxygen atoms in total. The molecule has 0 saturated carbocycles. The highest BCUT2D eigenvalue weighted by molar-refractivity contribution is 5.39. The molecule has 1 aliphatic heterocycles. The predicted molar refractivity (Wildman–Crippen MR) is 94.6 cm³/mol. The van der Waals surface area contributed by atoms with Crippen LogP contribution in [-0.4, -0.2) is 40.9 Å². The summed E-state index contributed by atoms with van der Waals surface area (Å²) in [6.45, 7) is 11.8. The molecule has 1 aliphatic rings. The van der Waals surface area contributed by atoms with Crippen LogP contribution in [0.15, 0.2) is 24.3 Å². The normalized spacial score (nSPS) is 20.6. The van der Waals surface area contributed by atoms with Crippen molar-refractivity contribution in [1.82, 2.24) is 9.78 Å². The van der Waals surface area contributed by atoms with Gasteiger partial charge in [-0.3, -0.25) is 10.1 Å². The fourth-order valence-electron chi connectivity index (χ4n) is 3.69. The third-order valence-electron chi connectivity index (χ3n) is 5.27. The van der Waals surface area contributed by atoms with Gasteiger partial charge in [0.1, 0.15) is 44.1 Å². The van der Waals surface area contributed by atoms with E-state index in [9.17, 15) is 10.1 Å². The number of rotatable bonds is 5. The zero-order chi connectivity index (χ0) is 18.0. The van der Waals surface area contributed by atoms with Crippen molar-refractivity contribution in [2.45, 2.75) is 34.0 Å². The summed E-state index contributed by atoms with van der Waals surface area (Å²) in [6, 6.07) is 8.59. The molecule has 0 atom stereocenters. The molecule has 25 heavy (non-hydrogen) atoms. The molecule has 1 aromatic carbocycles. The van der Waals surface area contributed by atoms with E-state index in [1.807, 2.05) is 0 Å². The molecule has 7 heteroatoms. The number of hydrogen-bond acceptors (Lipinski definition) is 3. The number of aromatic nitrogens is 2. The fraction of sp³-hybridized carbons (Fsp3) is 0.500. The number of benzene rings is 1. The number of nitrogens with zero attached hydrogens (tertiary/aromatic N) is 3. The number of piperazine rings is 1. The first-order valence-corrected chi connectivity index (χ1v) is 8.85. The van der Waals surface area contributed by atoms with E-state index in [0.717, 1.165) is 32.7 Å². The Bertz CT molecular complexity index is 763. The standard InChI is InChI=1S/C18H25N5O2/c1-14-6-4-5-7-17(14)12-20-8-10-21(11-9-20)13-22-16(3)18(23(24)25)15(2)19-22/h4-7H,8-13H2,1-3H3/p+2. The lowest BCUT2D eigenvalue weighted by atomic mass is 10.1. The van der Waals surface area contributed by atoms with Crippen molar-refractivity contribution in [3.8, 4) is 0 Å². The third-order valence-corrected chi connectivity index (χ3v) is 5.27. The molecule has 1 aromatic heterocycles. The van der Waals surface area contributed by atoms with Gasteiger partial charge in [-0.2, -0.15) is 5.10 Å². The lowest BCUT2D eigenvalue weighted by molar-refractivity contribution is -1.03. The first-order chi connectivity index (χ1) is 12.0. The van der Waals surface area contributed by atoms with Crippen molar-refractivity contribution in [3.63, 3.8) is 0 Å². The summed E-state index contributed by atoms with van der Waals surface area (Å²) in [5, 5.41) is 15.5. The van der Waals surface area contributed by atoms with Crippen LogP contribution in [-0.2, 0) is 13.2 Å². The minimum absolute atomic E-state index is 0.156. The Morgan fingerprint density at radius 3 is 2.36 bits per heavy atom. The molecule has 0 unspecified atom stereocenters. The van der Waals surface area contributed by atoms with Crippen LogP contribution < -0.4 is 9.80 Å². The summed E-state index contributed by atoms with van der Waals surface area (Å²) in [7, 11) is 0. The van der Waals surface area contributed by atoms with Crippen LogP contribution in [0.25, 0.3) is 0 Å². The Balaban J connectivity index is 1.57. The summed E-state index contributed by atoms with van der Waals surface area (Å²) in [5.41, 5.74) is 4.11. The van der Waals surface area contributed by atoms with Gasteiger partial charge < -0.3 is 9.80 Å². The highest BCUT2D eigenvalue weighted by Crippen LogP contribution is 2.20. The number of aryl methyl sites for hydroxylation is 2. The van der Waals surface area contributed by atoms with Gasteiger partial charge in [-0.05, 0) is 26.3 Å². The van der Waals surface area contributed by atoms with Crippen LogP contribution in [0.1, 0.15) is 22.5 Å². The molecule has 3 rings (SSSR count). The monoisotopic (exact) mass is 345 g/mol. The first kappa shape index (κ1) is 17.6. The quantitative estimate of drug-likeness (QED) is 0.575. The van der Waals surface area contributed by atoms with E-state index in [1.165, 1.54) is 16.0 Å². The minimum Gasteiger partial charge on any atom is -0.322 e. The summed E-state index contributed by atoms with van der Waals surface area (Å²) in [5.74, 6) is 0. The molecule has 0 spiro atoms. The molecule has 0 aliphatic carbocycles. The van der Waals surface area contributed by atoms with Gasteiger partial charge in [-0.25, -0.2) is 4.68 Å². The smallest absolute Gasteiger partial charge is 0.312 e. The van der Waals surface area contributed by atoms with Gasteiger partial charge in [0.25, 0.3) is 0 Å². The lowest BCUT2D eigenvalue weighted by Crippen LogP contribution is -3.27. The van der Waals surface area contributed by atoms with Crippen molar-refractivity contribution < 1.29 is 14.7 Å². The lowest BCUT2D eigenvalue weighted by Gasteiger charge is -2.30. The van der Waals surface area contributed by atoms with Crippen LogP contribution in [0, 0.1) is 30.9 Å². The Hall–Kier alpha value is -2.25. The van der Waals surface area contributed by atoms with Crippen LogP contribution in [0.2, 0.25) is 0 Å². The van der Waals surface area contributed by atoms with Crippen LogP contribution in [0.5, 0.6) is 0 Å². The Morgan fingerprint density at radius 1 is 1.12 bits per heavy atom. The number of nitrogens with one attached hydrogen (secondary N) is 2. The highest BCUT2D eigenvalue weighted by Gasteiger charge is 2.27. The zero-order valence-electron chi connectivity index (χ0n) is 15.2. The summed E-state index contributed by atoms with van der Waals surface area (Å²) < 4.78 is 1.80. The van der Waals surface area contributed by atoms with Gasteiger partial charge in [0.05, 0.1) is 4.92 Å². The van der Waals surface area contributed by atoms with E-state index in [2.05, 4.69) is 36.3 Å². The molecule has 1 fully saturated rings. The molecule has 2 aromatic rings. The number of quaternary nitrogens is 2. The molecule has 0 bridgehead atoms. The topological polar surface area (TPSA) is 69.8 Å². The van der Waals surface area contributed by atoms with Crippen molar-refractivity contribution >= 4 is 5.69 Å². The maximum Gasteiger partial charge on any atom is 0.312 e. The van der Waals surface area contributed by atoms with E-state index in [1.54, 1.807) is 23.4 Å². The van der Waals surface area contributed by atoms with Crippen molar-refractivity contribution in [2.75, 3.05) is 26.2 Å². The van der Waals surface area contributed by atoms with Crippen LogP contribution >= 0.6 is 0 Å². The van der Waals surface area contributed by atoms with E-state index in [4.69, 9.17) is 0 Å². The summed E-state index contributed by atoms with van der Waals surface area (Å²) in [4.78, 5) is 13.9. The van der Waals surface area contributed by atoms with Crippen LogP contribution in [0.3, 0.4) is 0 Å². The fourth-order valence-corrected chi connectivity index (χ4v) is 3.69. The minimum atomic E-state index is -0.326. The molecule has 2 N–H and O–H groups in total. The van der Waals surface area contributed by atoms with E-state index < -0.39 is 0 Å². The maximum absolute atomic E-state index is 11.1. The summed E-state index contributed by atoms with van der Waals surface area (Å²) in [6.07, 6.45) is 0. The molecule has 2 heterocycles. The second-order valence-electron chi connectivity index (χ2n) is 7.04. The SMILES string of the molecule is Cc1ccccc1C[NH+]1CC[NH+](Cn2nc(C)c([N+](=O)[O-])c2C)CC1. The number of hydrogen-bond donors (Lipinski definition) is 2. The predicted octanol–water partition coefficient (Wildman–Crippen LogP) is -0.342. The Kier molecular flexibility index (Phi) is 5.15. The molecule has 0 amide bonds. The number of nitro groups is 1. The third kappa shape index (κ3) is 3.88. The van der Waals surface area contributed by atoms with Gasteiger partial charge in [0.15, 0.2) is 6.67 Å². The Labute approximate surface area is 148 Å². The largest absolute Gasteiger partial charge is 0.322 e. The molecular weight excluding hydrogens is 318 g/mol. The average Bonchev–Trinajstić information content (AvgIpc) is 2.85. The molecule has 134 valence electrons. The van der Waals surface area contributed by atoms with Gasteiger partial charge in [0, 0.05) is 5.56 Å². The zero-order valence-corrected chi connectivity index (χ0v) is 15.2. The van der Waals surface area contributed by atoms with Crippen molar-refractivity contribution in [3.05, 3.63) is 56.9 Å². The van der Waals surface area contributed by atoms with Gasteiger partial charge in [0.2, 0.25) is 0 Å².